The Hall–Kier alpha value is -3.45. The lowest BCUT2D eigenvalue weighted by molar-refractivity contribution is -0.114. The summed E-state index contributed by atoms with van der Waals surface area (Å²) < 4.78 is 29.8. The van der Waals surface area contributed by atoms with Gasteiger partial charge >= 0.3 is 0 Å². The van der Waals surface area contributed by atoms with Crippen LogP contribution in [-0.4, -0.2) is 25.3 Å². The molecular weight excluding hydrogens is 351 g/mol. The van der Waals surface area contributed by atoms with Crippen LogP contribution in [-0.2, 0) is 9.53 Å². The van der Waals surface area contributed by atoms with Crippen molar-refractivity contribution in [2.45, 2.75) is 0 Å². The zero-order valence-corrected chi connectivity index (χ0v) is 14.4. The topological polar surface area (TPSA) is 68.2 Å². The van der Waals surface area contributed by atoms with Gasteiger partial charge in [-0.25, -0.2) is 4.39 Å². The van der Waals surface area contributed by atoms with Crippen LogP contribution in [0.4, 0.5) is 10.1 Å². The average molecular weight is 366 g/mol. The number of furan rings is 2. The Kier molecular flexibility index (Phi) is 4.43. The highest BCUT2D eigenvalue weighted by Crippen LogP contribution is 2.28. The number of carbonyl (C=O) groups is 1. The zero-order chi connectivity index (χ0) is 18.8. The number of anilines is 1. The third-order valence-electron chi connectivity index (χ3n) is 4.04. The molecule has 1 aliphatic heterocycles. The fraction of sp³-hybridized carbons (Fsp3) is 0.100. The van der Waals surface area contributed by atoms with Gasteiger partial charge in [0.15, 0.2) is 0 Å². The molecule has 0 spiro atoms. The average Bonchev–Trinajstić information content (AvgIpc) is 3.40. The highest BCUT2D eigenvalue weighted by atomic mass is 19.1. The quantitative estimate of drug-likeness (QED) is 0.637. The van der Waals surface area contributed by atoms with Crippen LogP contribution in [0.5, 0.6) is 0 Å². The van der Waals surface area contributed by atoms with Gasteiger partial charge in [-0.05, 0) is 30.3 Å². The van der Waals surface area contributed by atoms with Crippen LogP contribution in [0.3, 0.4) is 0 Å². The molecule has 0 unspecified atom stereocenters. The second-order valence-electron chi connectivity index (χ2n) is 5.82. The lowest BCUT2D eigenvalue weighted by Gasteiger charge is -2.07. The lowest BCUT2D eigenvalue weighted by atomic mass is 10.1. The Morgan fingerprint density at radius 2 is 2.07 bits per heavy atom. The van der Waals surface area contributed by atoms with Gasteiger partial charge in [0.25, 0.3) is 5.91 Å². The fourth-order valence-electron chi connectivity index (χ4n) is 2.78. The smallest absolute Gasteiger partial charge is 0.280 e. The first-order chi connectivity index (χ1) is 13.2. The minimum absolute atomic E-state index is 0.160. The molecule has 0 bridgehead atoms. The van der Waals surface area contributed by atoms with Crippen molar-refractivity contribution in [2.24, 2.45) is 5.10 Å². The number of nitrogens with zero attached hydrogens (tertiary/aromatic N) is 2. The Bertz CT molecular complexity index is 1030. The van der Waals surface area contributed by atoms with Gasteiger partial charge in [-0.3, -0.25) is 4.79 Å². The molecule has 0 saturated carbocycles. The van der Waals surface area contributed by atoms with Gasteiger partial charge in [0.1, 0.15) is 35.0 Å². The molecular formula is C20H15FN2O4. The number of hydrazone groups is 1. The van der Waals surface area contributed by atoms with Gasteiger partial charge in [0, 0.05) is 13.2 Å². The van der Waals surface area contributed by atoms with E-state index in [0.717, 1.165) is 0 Å². The molecule has 0 atom stereocenters. The van der Waals surface area contributed by atoms with E-state index in [2.05, 4.69) is 5.10 Å². The van der Waals surface area contributed by atoms with Gasteiger partial charge in [-0.15, -0.1) is 0 Å². The van der Waals surface area contributed by atoms with Gasteiger partial charge in [0.05, 0.1) is 24.0 Å². The maximum absolute atomic E-state index is 13.9. The molecule has 0 N–H and O–H groups in total. The Labute approximate surface area is 154 Å². The number of amides is 1. The minimum atomic E-state index is -0.379. The first-order valence-corrected chi connectivity index (χ1v) is 8.17. The summed E-state index contributed by atoms with van der Waals surface area (Å²) in [6, 6.07) is 11.3. The van der Waals surface area contributed by atoms with Gasteiger partial charge in [-0.1, -0.05) is 12.1 Å². The number of methoxy groups -OCH3 is 1. The standard InChI is InChI=1S/C20H15FN2O4/c1-25-12-18-16(20(24)23(22-18)13-8-9-26-11-13)10-14-6-7-19(27-14)15-4-2-3-5-17(15)21/h2-11H,12H2,1H3/b16-10-. The van der Waals surface area contributed by atoms with Crippen LogP contribution in [0.15, 0.2) is 74.5 Å². The third-order valence-corrected chi connectivity index (χ3v) is 4.04. The molecule has 1 aromatic carbocycles. The predicted octanol–water partition coefficient (Wildman–Crippen LogP) is 4.11. The number of benzene rings is 1. The second kappa shape index (κ2) is 7.05. The summed E-state index contributed by atoms with van der Waals surface area (Å²) in [7, 11) is 1.52. The van der Waals surface area contributed by atoms with E-state index in [1.54, 1.807) is 42.5 Å². The van der Waals surface area contributed by atoms with Gasteiger partial charge in [-0.2, -0.15) is 10.1 Å². The van der Waals surface area contributed by atoms with Crippen molar-refractivity contribution in [1.29, 1.82) is 0 Å². The van der Waals surface area contributed by atoms with E-state index in [9.17, 15) is 9.18 Å². The number of rotatable bonds is 5. The number of carbonyl (C=O) groups excluding carboxylic acids is 1. The van der Waals surface area contributed by atoms with Gasteiger partial charge < -0.3 is 13.6 Å². The van der Waals surface area contributed by atoms with Crippen LogP contribution in [0.25, 0.3) is 17.4 Å². The van der Waals surface area contributed by atoms with Crippen LogP contribution in [0.2, 0.25) is 0 Å². The van der Waals surface area contributed by atoms with E-state index >= 15 is 0 Å². The van der Waals surface area contributed by atoms with Crippen molar-refractivity contribution in [3.63, 3.8) is 0 Å². The summed E-state index contributed by atoms with van der Waals surface area (Å²) in [4.78, 5) is 12.8. The first-order valence-electron chi connectivity index (χ1n) is 8.17. The molecule has 136 valence electrons. The largest absolute Gasteiger partial charge is 0.470 e. The SMILES string of the molecule is COCC1=NN(c2ccoc2)C(=O)/C1=C\c1ccc(-c2ccccc2F)o1. The van der Waals surface area contributed by atoms with Crippen LogP contribution in [0.1, 0.15) is 5.76 Å². The number of halogens is 1. The highest BCUT2D eigenvalue weighted by molar-refractivity contribution is 6.33. The predicted molar refractivity (Wildman–Crippen MR) is 97.6 cm³/mol. The molecule has 0 fully saturated rings. The Morgan fingerprint density at radius 1 is 1.22 bits per heavy atom. The van der Waals surface area contributed by atoms with E-state index in [1.165, 1.54) is 30.7 Å². The first kappa shape index (κ1) is 17.0. The van der Waals surface area contributed by atoms with Crippen LogP contribution >= 0.6 is 0 Å². The van der Waals surface area contributed by atoms with E-state index in [-0.39, 0.29) is 18.3 Å². The highest BCUT2D eigenvalue weighted by Gasteiger charge is 2.32. The van der Waals surface area contributed by atoms with Crippen LogP contribution < -0.4 is 5.01 Å². The molecule has 1 amide bonds. The van der Waals surface area contributed by atoms with Crippen molar-refractivity contribution < 1.29 is 22.8 Å². The molecule has 27 heavy (non-hydrogen) atoms. The lowest BCUT2D eigenvalue weighted by Crippen LogP contribution is -2.21. The molecule has 2 aromatic heterocycles. The zero-order valence-electron chi connectivity index (χ0n) is 14.4. The molecule has 4 rings (SSSR count). The van der Waals surface area contributed by atoms with E-state index < -0.39 is 0 Å². The van der Waals surface area contributed by atoms with Crippen molar-refractivity contribution in [1.82, 2.24) is 0 Å². The molecule has 0 saturated heterocycles. The summed E-state index contributed by atoms with van der Waals surface area (Å²) in [6.07, 6.45) is 4.46. The van der Waals surface area contributed by atoms with Crippen molar-refractivity contribution in [3.05, 3.63) is 72.1 Å². The number of ether oxygens (including phenoxy) is 1. The molecule has 0 radical (unpaired) electrons. The summed E-state index contributed by atoms with van der Waals surface area (Å²) in [6.45, 7) is 0.160. The third kappa shape index (κ3) is 3.20. The Balaban J connectivity index is 1.68. The van der Waals surface area contributed by atoms with E-state index in [0.29, 0.717) is 34.1 Å². The maximum atomic E-state index is 13.9. The van der Waals surface area contributed by atoms with Crippen molar-refractivity contribution in [3.8, 4) is 11.3 Å². The minimum Gasteiger partial charge on any atom is -0.470 e. The van der Waals surface area contributed by atoms with Crippen molar-refractivity contribution in [2.75, 3.05) is 18.7 Å². The normalized spacial score (nSPS) is 15.6. The second-order valence-corrected chi connectivity index (χ2v) is 5.82. The fourth-order valence-corrected chi connectivity index (χ4v) is 2.78. The number of hydrogen-bond acceptors (Lipinski definition) is 5. The van der Waals surface area contributed by atoms with Crippen LogP contribution in [0, 0.1) is 5.82 Å². The van der Waals surface area contributed by atoms with E-state index in [1.807, 2.05) is 0 Å². The monoisotopic (exact) mass is 366 g/mol. The molecule has 3 aromatic rings. The molecule has 1 aliphatic rings. The van der Waals surface area contributed by atoms with E-state index in [4.69, 9.17) is 13.6 Å². The summed E-state index contributed by atoms with van der Waals surface area (Å²) >= 11 is 0. The number of hydrogen-bond donors (Lipinski definition) is 0. The van der Waals surface area contributed by atoms with Crippen molar-refractivity contribution >= 4 is 23.4 Å². The molecule has 0 aliphatic carbocycles. The summed E-state index contributed by atoms with van der Waals surface area (Å²) in [5.74, 6) is 0.0832. The van der Waals surface area contributed by atoms with Gasteiger partial charge in [0.2, 0.25) is 0 Å². The maximum Gasteiger partial charge on any atom is 0.280 e. The molecule has 6 nitrogen and oxygen atoms in total. The molecule has 3 heterocycles. The summed E-state index contributed by atoms with van der Waals surface area (Å²) in [5, 5.41) is 5.54. The molecule has 7 heteroatoms. The summed E-state index contributed by atoms with van der Waals surface area (Å²) in [5.41, 5.74) is 1.68. The Morgan fingerprint density at radius 3 is 2.81 bits per heavy atom.